The van der Waals surface area contributed by atoms with Crippen LogP contribution in [0.15, 0.2) is 24.4 Å². The van der Waals surface area contributed by atoms with E-state index in [1.807, 2.05) is 13.1 Å². The molecule has 1 N–H and O–H groups in total. The zero-order valence-corrected chi connectivity index (χ0v) is 11.7. The van der Waals surface area contributed by atoms with Crippen molar-refractivity contribution in [3.8, 4) is 11.4 Å². The zero-order valence-electron chi connectivity index (χ0n) is 11.7. The van der Waals surface area contributed by atoms with Crippen molar-refractivity contribution in [2.24, 2.45) is 0 Å². The molecule has 0 aliphatic carbocycles. The van der Waals surface area contributed by atoms with E-state index < -0.39 is 0 Å². The maximum Gasteiger partial charge on any atom is 0.178 e. The number of pyridine rings is 1. The fourth-order valence-electron chi connectivity index (χ4n) is 2.68. The Morgan fingerprint density at radius 2 is 1.58 bits per heavy atom. The number of H-pyrrole nitrogens is 1. The highest BCUT2D eigenvalue weighted by molar-refractivity contribution is 5.78. The van der Waals surface area contributed by atoms with Crippen molar-refractivity contribution in [2.45, 2.75) is 27.7 Å². The maximum atomic E-state index is 4.61. The predicted octanol–water partition coefficient (Wildman–Crippen LogP) is 3.86. The summed E-state index contributed by atoms with van der Waals surface area (Å²) in [6.07, 6.45) is 1.85. The molecule has 2 aromatic heterocycles. The average Bonchev–Trinajstić information content (AvgIpc) is 2.69. The van der Waals surface area contributed by atoms with Crippen molar-refractivity contribution in [1.29, 1.82) is 0 Å². The SMILES string of the molecule is Cc1cc(C)c(-c2nc3ncc(C)cc3[nH]2)c(C)c1. The van der Waals surface area contributed by atoms with E-state index in [4.69, 9.17) is 0 Å². The molecule has 3 rings (SSSR count). The molecule has 0 spiro atoms. The summed E-state index contributed by atoms with van der Waals surface area (Å²) >= 11 is 0. The Morgan fingerprint density at radius 3 is 2.26 bits per heavy atom. The molecule has 0 atom stereocenters. The Kier molecular flexibility index (Phi) is 2.63. The Bertz CT molecular complexity index is 746. The summed E-state index contributed by atoms with van der Waals surface area (Å²) in [6, 6.07) is 6.46. The lowest BCUT2D eigenvalue weighted by Gasteiger charge is -2.08. The van der Waals surface area contributed by atoms with Crippen LogP contribution in [0.3, 0.4) is 0 Å². The number of hydrogen-bond donors (Lipinski definition) is 1. The Morgan fingerprint density at radius 1 is 0.895 bits per heavy atom. The Labute approximate surface area is 112 Å². The van der Waals surface area contributed by atoms with Gasteiger partial charge in [-0.2, -0.15) is 0 Å². The van der Waals surface area contributed by atoms with Crippen LogP contribution in [-0.2, 0) is 0 Å². The third-order valence-electron chi connectivity index (χ3n) is 3.39. The first-order chi connectivity index (χ1) is 9.04. The minimum atomic E-state index is 0.778. The fraction of sp³-hybridized carbons (Fsp3) is 0.250. The monoisotopic (exact) mass is 251 g/mol. The van der Waals surface area contributed by atoms with Crippen LogP contribution in [0, 0.1) is 27.7 Å². The fourth-order valence-corrected chi connectivity index (χ4v) is 2.68. The van der Waals surface area contributed by atoms with Crippen LogP contribution < -0.4 is 0 Å². The van der Waals surface area contributed by atoms with Gasteiger partial charge in [-0.25, -0.2) is 9.97 Å². The molecule has 0 fully saturated rings. The molecular weight excluding hydrogens is 234 g/mol. The molecule has 0 amide bonds. The molecule has 1 aromatic carbocycles. The summed E-state index contributed by atoms with van der Waals surface area (Å²) in [4.78, 5) is 12.4. The molecular formula is C16H17N3. The standard InChI is InChI=1S/C16H17N3/c1-9-5-11(3)14(12(4)6-9)16-18-13-7-10(2)8-17-15(13)19-16/h5-8H,1-4H3,(H,17,18,19). The number of nitrogens with one attached hydrogen (secondary N) is 1. The maximum absolute atomic E-state index is 4.61. The van der Waals surface area contributed by atoms with Gasteiger partial charge < -0.3 is 4.98 Å². The van der Waals surface area contributed by atoms with E-state index in [0.717, 1.165) is 22.6 Å². The predicted molar refractivity (Wildman–Crippen MR) is 78.3 cm³/mol. The summed E-state index contributed by atoms with van der Waals surface area (Å²) < 4.78 is 0. The summed E-state index contributed by atoms with van der Waals surface area (Å²) in [5, 5.41) is 0. The van der Waals surface area contributed by atoms with Crippen molar-refractivity contribution in [3.63, 3.8) is 0 Å². The normalized spacial score (nSPS) is 11.2. The molecule has 3 heteroatoms. The molecule has 0 aliphatic heterocycles. The molecule has 19 heavy (non-hydrogen) atoms. The first-order valence-corrected chi connectivity index (χ1v) is 6.45. The van der Waals surface area contributed by atoms with Crippen LogP contribution in [0.1, 0.15) is 22.3 Å². The van der Waals surface area contributed by atoms with E-state index in [1.165, 1.54) is 22.3 Å². The molecule has 0 saturated heterocycles. The smallest absolute Gasteiger partial charge is 0.178 e. The summed E-state index contributed by atoms with van der Waals surface area (Å²) in [6.45, 7) is 8.41. The van der Waals surface area contributed by atoms with Crippen molar-refractivity contribution in [3.05, 3.63) is 46.6 Å². The Hall–Kier alpha value is -2.16. The van der Waals surface area contributed by atoms with E-state index in [0.29, 0.717) is 0 Å². The number of benzene rings is 1. The van der Waals surface area contributed by atoms with E-state index in [1.54, 1.807) is 0 Å². The third kappa shape index (κ3) is 2.01. The first kappa shape index (κ1) is 11.9. The van der Waals surface area contributed by atoms with Gasteiger partial charge in [0.05, 0.1) is 5.52 Å². The molecule has 0 bridgehead atoms. The summed E-state index contributed by atoms with van der Waals surface area (Å²) in [5.74, 6) is 0.906. The highest BCUT2D eigenvalue weighted by Crippen LogP contribution is 2.27. The minimum absolute atomic E-state index is 0.778. The average molecular weight is 251 g/mol. The van der Waals surface area contributed by atoms with E-state index in [2.05, 4.69) is 53.9 Å². The van der Waals surface area contributed by atoms with Crippen molar-refractivity contribution in [1.82, 2.24) is 15.0 Å². The van der Waals surface area contributed by atoms with Gasteiger partial charge in [-0.05, 0) is 50.5 Å². The number of aromatic nitrogens is 3. The van der Waals surface area contributed by atoms with Gasteiger partial charge in [0.2, 0.25) is 0 Å². The van der Waals surface area contributed by atoms with Gasteiger partial charge in [-0.3, -0.25) is 0 Å². The summed E-state index contributed by atoms with van der Waals surface area (Å²) in [7, 11) is 0. The van der Waals surface area contributed by atoms with Crippen LogP contribution in [0.4, 0.5) is 0 Å². The number of aryl methyl sites for hydroxylation is 4. The number of imidazole rings is 1. The van der Waals surface area contributed by atoms with E-state index in [-0.39, 0.29) is 0 Å². The van der Waals surface area contributed by atoms with Gasteiger partial charge in [0.25, 0.3) is 0 Å². The van der Waals surface area contributed by atoms with Gasteiger partial charge in [-0.15, -0.1) is 0 Å². The van der Waals surface area contributed by atoms with Gasteiger partial charge in [0.1, 0.15) is 5.82 Å². The molecule has 96 valence electrons. The van der Waals surface area contributed by atoms with Gasteiger partial charge in [0, 0.05) is 11.8 Å². The number of nitrogens with zero attached hydrogens (tertiary/aromatic N) is 2. The molecule has 2 heterocycles. The third-order valence-corrected chi connectivity index (χ3v) is 3.39. The second-order valence-electron chi connectivity index (χ2n) is 5.24. The number of rotatable bonds is 1. The van der Waals surface area contributed by atoms with E-state index >= 15 is 0 Å². The zero-order chi connectivity index (χ0) is 13.6. The lowest BCUT2D eigenvalue weighted by Crippen LogP contribution is -1.91. The largest absolute Gasteiger partial charge is 0.337 e. The van der Waals surface area contributed by atoms with Crippen LogP contribution >= 0.6 is 0 Å². The molecule has 0 unspecified atom stereocenters. The lowest BCUT2D eigenvalue weighted by molar-refractivity contribution is 1.24. The molecule has 3 nitrogen and oxygen atoms in total. The van der Waals surface area contributed by atoms with E-state index in [9.17, 15) is 0 Å². The second kappa shape index (κ2) is 4.19. The topological polar surface area (TPSA) is 41.6 Å². The number of fused-ring (bicyclic) bond motifs is 1. The first-order valence-electron chi connectivity index (χ1n) is 6.45. The van der Waals surface area contributed by atoms with Crippen molar-refractivity contribution < 1.29 is 0 Å². The van der Waals surface area contributed by atoms with Crippen LogP contribution in [0.2, 0.25) is 0 Å². The summed E-state index contributed by atoms with van der Waals surface area (Å²) in [5.41, 5.74) is 7.86. The second-order valence-corrected chi connectivity index (χ2v) is 5.24. The molecule has 3 aromatic rings. The van der Waals surface area contributed by atoms with Gasteiger partial charge in [0.15, 0.2) is 5.65 Å². The van der Waals surface area contributed by atoms with Crippen molar-refractivity contribution in [2.75, 3.05) is 0 Å². The van der Waals surface area contributed by atoms with Crippen molar-refractivity contribution >= 4 is 11.2 Å². The molecule has 0 radical (unpaired) electrons. The number of aromatic amines is 1. The number of hydrogen-bond acceptors (Lipinski definition) is 2. The van der Waals surface area contributed by atoms with Crippen LogP contribution in [-0.4, -0.2) is 15.0 Å². The minimum Gasteiger partial charge on any atom is -0.337 e. The quantitative estimate of drug-likeness (QED) is 0.713. The van der Waals surface area contributed by atoms with Crippen LogP contribution in [0.5, 0.6) is 0 Å². The lowest BCUT2D eigenvalue weighted by atomic mass is 9.99. The Balaban J connectivity index is 2.24. The van der Waals surface area contributed by atoms with Gasteiger partial charge in [-0.1, -0.05) is 17.7 Å². The highest BCUT2D eigenvalue weighted by atomic mass is 15.0. The van der Waals surface area contributed by atoms with Gasteiger partial charge >= 0.3 is 0 Å². The van der Waals surface area contributed by atoms with Crippen LogP contribution in [0.25, 0.3) is 22.6 Å². The molecule has 0 aliphatic rings. The molecule has 0 saturated carbocycles. The highest BCUT2D eigenvalue weighted by Gasteiger charge is 2.11.